The molecule has 2 fully saturated rings. The van der Waals surface area contributed by atoms with Crippen molar-refractivity contribution in [2.75, 3.05) is 13.2 Å². The lowest BCUT2D eigenvalue weighted by Gasteiger charge is -2.43. The van der Waals surface area contributed by atoms with E-state index in [9.17, 15) is 35.7 Å². The van der Waals surface area contributed by atoms with Gasteiger partial charge in [0.25, 0.3) is 0 Å². The highest BCUT2D eigenvalue weighted by Crippen LogP contribution is 2.31. The molecule has 2 aliphatic rings. The van der Waals surface area contributed by atoms with Crippen LogP contribution in [0, 0.1) is 0 Å². The summed E-state index contributed by atoms with van der Waals surface area (Å²) in [6.45, 7) is 5.47. The summed E-state index contributed by atoms with van der Waals surface area (Å²) in [4.78, 5) is 0. The minimum absolute atomic E-state index is 0.0713. The Bertz CT molecular complexity index is 619. The average molecular weight is 449 g/mol. The highest BCUT2D eigenvalue weighted by Gasteiger charge is 2.53. The van der Waals surface area contributed by atoms with E-state index < -0.39 is 67.8 Å². The number of hydrogen-bond donors (Lipinski definition) is 7. The maximum absolute atomic E-state index is 10.6. The highest BCUT2D eigenvalue weighted by molar-refractivity contribution is 5.03. The fourth-order valence-corrected chi connectivity index (χ4v) is 3.67. The van der Waals surface area contributed by atoms with E-state index in [4.69, 9.17) is 14.2 Å². The van der Waals surface area contributed by atoms with Gasteiger partial charge in [-0.05, 0) is 33.6 Å². The number of aliphatic hydroxyl groups excluding tert-OH is 7. The van der Waals surface area contributed by atoms with E-state index >= 15 is 0 Å². The molecular weight excluding hydrogens is 412 g/mol. The summed E-state index contributed by atoms with van der Waals surface area (Å²) in [5.74, 6) is 0. The van der Waals surface area contributed by atoms with Crippen molar-refractivity contribution >= 4 is 0 Å². The molecule has 0 amide bonds. The molecule has 0 aromatic heterocycles. The molecule has 0 aromatic rings. The lowest BCUT2D eigenvalue weighted by atomic mass is 9.91. The third kappa shape index (κ3) is 6.55. The predicted octanol–water partition coefficient (Wildman–Crippen LogP) is -1.65. The van der Waals surface area contributed by atoms with E-state index in [0.29, 0.717) is 0 Å². The van der Waals surface area contributed by atoms with E-state index in [0.717, 1.165) is 18.4 Å². The van der Waals surface area contributed by atoms with Gasteiger partial charge in [0.1, 0.15) is 54.9 Å². The molecule has 0 aromatic carbocycles. The molecule has 0 bridgehead atoms. The lowest BCUT2D eigenvalue weighted by molar-refractivity contribution is -0.315. The summed E-state index contributed by atoms with van der Waals surface area (Å²) in [7, 11) is 0. The molecule has 7 N–H and O–H groups in total. The molecule has 31 heavy (non-hydrogen) atoms. The van der Waals surface area contributed by atoms with Gasteiger partial charge in [0.05, 0.1) is 13.2 Å². The van der Waals surface area contributed by atoms with Crippen LogP contribution in [-0.2, 0) is 14.2 Å². The van der Waals surface area contributed by atoms with Crippen molar-refractivity contribution in [1.82, 2.24) is 0 Å². The van der Waals surface area contributed by atoms with Gasteiger partial charge in [-0.15, -0.1) is 0 Å². The summed E-state index contributed by atoms with van der Waals surface area (Å²) in [6, 6.07) is 0. The Hall–Kier alpha value is -0.920. The first kappa shape index (κ1) is 26.3. The van der Waals surface area contributed by atoms with E-state index in [1.54, 1.807) is 0 Å². The molecule has 2 aliphatic heterocycles. The van der Waals surface area contributed by atoms with Gasteiger partial charge in [0.2, 0.25) is 0 Å². The van der Waals surface area contributed by atoms with Crippen LogP contribution in [0.1, 0.15) is 33.6 Å². The summed E-state index contributed by atoms with van der Waals surface area (Å²) >= 11 is 0. The van der Waals surface area contributed by atoms with E-state index in [1.807, 2.05) is 26.8 Å². The Morgan fingerprint density at radius 3 is 2.06 bits per heavy atom. The van der Waals surface area contributed by atoms with Crippen LogP contribution in [0.4, 0.5) is 0 Å². The molecule has 0 spiro atoms. The molecule has 180 valence electrons. The monoisotopic (exact) mass is 448 g/mol. The Kier molecular flexibility index (Phi) is 10.0. The van der Waals surface area contributed by atoms with Gasteiger partial charge in [0, 0.05) is 0 Å². The van der Waals surface area contributed by atoms with Crippen molar-refractivity contribution in [1.29, 1.82) is 0 Å². The first-order chi connectivity index (χ1) is 14.6. The smallest absolute Gasteiger partial charge is 0.187 e. The standard InChI is InChI=1S/C21H36O10/c1-10(2)5-4-6-11(3)7-8-29-21-17(27)14(24)16(26)20(31-21)18(28)19-15(25)13(23)12(9-22)30-19/h5,7,12-28H,4,6,8-9H2,1-3H3/b11-7+/t12-,13-,14+,15+,16+,17-,18?,19-,20+,21+/m1/s1. The molecule has 1 unspecified atom stereocenters. The van der Waals surface area contributed by atoms with E-state index in [2.05, 4.69) is 6.08 Å². The van der Waals surface area contributed by atoms with Crippen molar-refractivity contribution in [2.45, 2.75) is 94.8 Å². The second-order valence-corrected chi connectivity index (χ2v) is 8.44. The summed E-state index contributed by atoms with van der Waals surface area (Å²) in [5, 5.41) is 70.4. The Labute approximate surface area is 182 Å². The van der Waals surface area contributed by atoms with Gasteiger partial charge in [-0.1, -0.05) is 23.3 Å². The first-order valence-corrected chi connectivity index (χ1v) is 10.5. The highest BCUT2D eigenvalue weighted by atomic mass is 16.7. The quantitative estimate of drug-likeness (QED) is 0.203. The second-order valence-electron chi connectivity index (χ2n) is 8.44. The van der Waals surface area contributed by atoms with Gasteiger partial charge in [-0.2, -0.15) is 0 Å². The normalized spacial score (nSPS) is 40.1. The molecule has 10 atom stereocenters. The third-order valence-electron chi connectivity index (χ3n) is 5.64. The summed E-state index contributed by atoms with van der Waals surface area (Å²) in [6.07, 6.45) is -9.29. The Morgan fingerprint density at radius 1 is 0.871 bits per heavy atom. The zero-order valence-electron chi connectivity index (χ0n) is 18.1. The third-order valence-corrected chi connectivity index (χ3v) is 5.64. The predicted molar refractivity (Wildman–Crippen MR) is 109 cm³/mol. The van der Waals surface area contributed by atoms with Gasteiger partial charge in [0.15, 0.2) is 6.29 Å². The maximum atomic E-state index is 10.6. The number of hydrogen-bond acceptors (Lipinski definition) is 10. The average Bonchev–Trinajstić information content (AvgIpc) is 3.01. The zero-order chi connectivity index (χ0) is 23.3. The van der Waals surface area contributed by atoms with Crippen LogP contribution in [0.3, 0.4) is 0 Å². The lowest BCUT2D eigenvalue weighted by Crippen LogP contribution is -2.63. The van der Waals surface area contributed by atoms with E-state index in [-0.39, 0.29) is 6.61 Å². The second kappa shape index (κ2) is 11.8. The Morgan fingerprint density at radius 2 is 1.48 bits per heavy atom. The number of allylic oxidation sites excluding steroid dienone is 3. The van der Waals surface area contributed by atoms with Crippen LogP contribution in [0.25, 0.3) is 0 Å². The van der Waals surface area contributed by atoms with E-state index in [1.165, 1.54) is 5.57 Å². The summed E-state index contributed by atoms with van der Waals surface area (Å²) < 4.78 is 16.3. The molecule has 2 saturated heterocycles. The Balaban J connectivity index is 1.99. The molecule has 0 saturated carbocycles. The summed E-state index contributed by atoms with van der Waals surface area (Å²) in [5.41, 5.74) is 2.29. The SMILES string of the molecule is CC(C)=CCC/C(C)=C/CO[C@H]1O[C@H](C(O)[C@@H]2O[C@H](CO)[C@@H](O)[C@@H]2O)[C@@H](O)[C@H](O)[C@H]1O. The van der Waals surface area contributed by atoms with Crippen LogP contribution in [0.15, 0.2) is 23.3 Å². The number of aliphatic hydroxyl groups is 7. The number of rotatable bonds is 9. The van der Waals surface area contributed by atoms with Gasteiger partial charge in [-0.3, -0.25) is 0 Å². The van der Waals surface area contributed by atoms with Crippen molar-refractivity contribution in [3.05, 3.63) is 23.3 Å². The molecule has 2 heterocycles. The topological polar surface area (TPSA) is 169 Å². The molecule has 0 radical (unpaired) electrons. The van der Waals surface area contributed by atoms with Crippen molar-refractivity contribution in [3.8, 4) is 0 Å². The van der Waals surface area contributed by atoms with Crippen LogP contribution in [0.2, 0.25) is 0 Å². The van der Waals surface area contributed by atoms with Crippen LogP contribution in [-0.4, -0.2) is 110 Å². The largest absolute Gasteiger partial charge is 0.394 e. The van der Waals surface area contributed by atoms with Crippen molar-refractivity contribution < 1.29 is 50.0 Å². The molecular formula is C21H36O10. The minimum Gasteiger partial charge on any atom is -0.394 e. The minimum atomic E-state index is -1.70. The fraction of sp³-hybridized carbons (Fsp3) is 0.810. The van der Waals surface area contributed by atoms with Gasteiger partial charge < -0.3 is 50.0 Å². The molecule has 10 nitrogen and oxygen atoms in total. The van der Waals surface area contributed by atoms with Crippen molar-refractivity contribution in [2.24, 2.45) is 0 Å². The number of ether oxygens (including phenoxy) is 3. The maximum Gasteiger partial charge on any atom is 0.187 e. The van der Waals surface area contributed by atoms with Gasteiger partial charge >= 0.3 is 0 Å². The fourth-order valence-electron chi connectivity index (χ4n) is 3.67. The van der Waals surface area contributed by atoms with Crippen LogP contribution >= 0.6 is 0 Å². The molecule has 10 heteroatoms. The first-order valence-electron chi connectivity index (χ1n) is 10.5. The zero-order valence-corrected chi connectivity index (χ0v) is 18.1. The molecule has 0 aliphatic carbocycles. The van der Waals surface area contributed by atoms with Gasteiger partial charge in [-0.25, -0.2) is 0 Å². The molecule has 2 rings (SSSR count). The van der Waals surface area contributed by atoms with Crippen molar-refractivity contribution in [3.63, 3.8) is 0 Å². The van der Waals surface area contributed by atoms with Crippen LogP contribution in [0.5, 0.6) is 0 Å². The van der Waals surface area contributed by atoms with Crippen LogP contribution < -0.4 is 0 Å².